The van der Waals surface area contributed by atoms with Gasteiger partial charge in [-0.05, 0) is 87.5 Å². The molecule has 3 fully saturated rings. The van der Waals surface area contributed by atoms with Gasteiger partial charge in [0.05, 0.1) is 16.5 Å². The smallest absolute Gasteiger partial charge is 0.267 e. The number of aromatic nitrogens is 2. The maximum absolute atomic E-state index is 14.9. The number of nitrogens with one attached hydrogen (secondary N) is 1. The summed E-state index contributed by atoms with van der Waals surface area (Å²) in [5.41, 5.74) is 3.13. The summed E-state index contributed by atoms with van der Waals surface area (Å²) in [6.45, 7) is 1.79. The van der Waals surface area contributed by atoms with Crippen LogP contribution < -0.4 is 5.56 Å². The number of rotatable bonds is 7. The van der Waals surface area contributed by atoms with Gasteiger partial charge >= 0.3 is 0 Å². The summed E-state index contributed by atoms with van der Waals surface area (Å²) in [5.74, 6) is -1.12. The van der Waals surface area contributed by atoms with Gasteiger partial charge < -0.3 is 9.80 Å². The number of benzene rings is 1. The SMILES string of the molecule is CN(C1CCN(C(=O)C2CCN(C(=O)c3cc(Cc4n[nH]c(=O)c5c4CCCC5)ccc3F)CC2)CC1)S(=O)(=O)C1CC1. The van der Waals surface area contributed by atoms with E-state index in [1.165, 1.54) is 10.4 Å². The third-order valence-electron chi connectivity index (χ3n) is 9.78. The second kappa shape index (κ2) is 12.1. The quantitative estimate of drug-likeness (QED) is 0.512. The first-order valence-corrected chi connectivity index (χ1v) is 17.1. The molecule has 43 heavy (non-hydrogen) atoms. The number of nitrogens with zero attached hydrogens (tertiary/aromatic N) is 4. The van der Waals surface area contributed by atoms with Crippen molar-refractivity contribution in [2.24, 2.45) is 5.92 Å². The van der Waals surface area contributed by atoms with Crippen molar-refractivity contribution in [3.63, 3.8) is 0 Å². The number of aromatic amines is 1. The number of carbonyl (C=O) groups excluding carboxylic acids is 2. The van der Waals surface area contributed by atoms with Crippen LogP contribution >= 0.6 is 0 Å². The molecule has 12 heteroatoms. The van der Waals surface area contributed by atoms with Crippen molar-refractivity contribution in [1.82, 2.24) is 24.3 Å². The Morgan fingerprint density at radius 2 is 1.63 bits per heavy atom. The first-order chi connectivity index (χ1) is 20.6. The molecule has 0 bridgehead atoms. The van der Waals surface area contributed by atoms with Gasteiger partial charge in [-0.3, -0.25) is 14.4 Å². The lowest BCUT2D eigenvalue weighted by Crippen LogP contribution is -2.50. The molecule has 232 valence electrons. The molecule has 3 heterocycles. The van der Waals surface area contributed by atoms with Crippen LogP contribution in [0.15, 0.2) is 23.0 Å². The fraction of sp³-hybridized carbons (Fsp3) is 0.613. The van der Waals surface area contributed by atoms with Crippen LogP contribution in [0, 0.1) is 11.7 Å². The van der Waals surface area contributed by atoms with Gasteiger partial charge in [0, 0.05) is 57.2 Å². The summed E-state index contributed by atoms with van der Waals surface area (Å²) in [6, 6.07) is 4.47. The molecule has 2 aromatic rings. The van der Waals surface area contributed by atoms with E-state index in [1.54, 1.807) is 24.1 Å². The lowest BCUT2D eigenvalue weighted by molar-refractivity contribution is -0.138. The van der Waals surface area contributed by atoms with E-state index in [2.05, 4.69) is 10.2 Å². The molecule has 1 saturated carbocycles. The molecule has 1 aromatic carbocycles. The molecule has 1 N–H and O–H groups in total. The van der Waals surface area contributed by atoms with Gasteiger partial charge in [-0.15, -0.1) is 0 Å². The summed E-state index contributed by atoms with van der Waals surface area (Å²) in [6.07, 6.45) is 7.62. The highest BCUT2D eigenvalue weighted by molar-refractivity contribution is 7.90. The van der Waals surface area contributed by atoms with E-state index in [0.29, 0.717) is 58.3 Å². The van der Waals surface area contributed by atoms with Crippen molar-refractivity contribution in [1.29, 1.82) is 0 Å². The zero-order valence-corrected chi connectivity index (χ0v) is 25.5. The van der Waals surface area contributed by atoms with Crippen LogP contribution in [0.1, 0.15) is 84.1 Å². The first-order valence-electron chi connectivity index (χ1n) is 15.6. The Labute approximate surface area is 251 Å². The fourth-order valence-electron chi connectivity index (χ4n) is 6.93. The molecule has 2 aliphatic heterocycles. The number of sulfonamides is 1. The highest BCUT2D eigenvalue weighted by atomic mass is 32.2. The van der Waals surface area contributed by atoms with Crippen molar-refractivity contribution in [2.45, 2.75) is 81.9 Å². The van der Waals surface area contributed by atoms with E-state index >= 15 is 0 Å². The fourth-order valence-corrected chi connectivity index (χ4v) is 8.76. The number of carbonyl (C=O) groups is 2. The van der Waals surface area contributed by atoms with Gasteiger partial charge in [0.1, 0.15) is 5.82 Å². The molecule has 0 radical (unpaired) electrons. The molecule has 0 unspecified atom stereocenters. The first kappa shape index (κ1) is 29.9. The summed E-state index contributed by atoms with van der Waals surface area (Å²) >= 11 is 0. The standard InChI is InChI=1S/C31H40FN5O5S/c1-35(43(41,42)23-7-8-23)22-12-16-36(17-13-22)30(39)21-10-14-37(15-11-21)31(40)26-18-20(6-9-27(26)32)19-28-24-4-2-3-5-25(24)29(38)34-33-28/h6,9,18,21-23H,2-5,7-8,10-17,19H2,1H3,(H,34,38). The zero-order valence-electron chi connectivity index (χ0n) is 24.7. The third-order valence-corrected chi connectivity index (χ3v) is 12.2. The molecule has 2 aliphatic carbocycles. The number of piperidine rings is 2. The van der Waals surface area contributed by atoms with Crippen LogP contribution in [0.3, 0.4) is 0 Å². The zero-order chi connectivity index (χ0) is 30.3. The molecule has 2 amide bonds. The summed E-state index contributed by atoms with van der Waals surface area (Å²) in [4.78, 5) is 42.4. The maximum atomic E-state index is 14.9. The summed E-state index contributed by atoms with van der Waals surface area (Å²) in [7, 11) is -1.58. The molecule has 6 rings (SSSR count). The molecule has 10 nitrogen and oxygen atoms in total. The molecular weight excluding hydrogens is 573 g/mol. The number of likely N-dealkylation sites (tertiary alicyclic amines) is 2. The number of hydrogen-bond acceptors (Lipinski definition) is 6. The predicted octanol–water partition coefficient (Wildman–Crippen LogP) is 2.65. The van der Waals surface area contributed by atoms with Gasteiger partial charge in [0.15, 0.2) is 0 Å². The number of H-pyrrole nitrogens is 1. The molecular formula is C31H40FN5O5S. The van der Waals surface area contributed by atoms with Crippen molar-refractivity contribution in [3.05, 3.63) is 62.3 Å². The monoisotopic (exact) mass is 613 g/mol. The van der Waals surface area contributed by atoms with E-state index in [9.17, 15) is 27.2 Å². The Kier molecular flexibility index (Phi) is 8.43. The Morgan fingerprint density at radius 1 is 0.977 bits per heavy atom. The Hall–Kier alpha value is -3.12. The molecule has 4 aliphatic rings. The summed E-state index contributed by atoms with van der Waals surface area (Å²) < 4.78 is 41.6. The van der Waals surface area contributed by atoms with E-state index in [0.717, 1.165) is 60.9 Å². The average molecular weight is 614 g/mol. The topological polar surface area (TPSA) is 124 Å². The van der Waals surface area contributed by atoms with E-state index in [1.807, 2.05) is 4.90 Å². The van der Waals surface area contributed by atoms with Gasteiger partial charge in [0.2, 0.25) is 15.9 Å². The maximum Gasteiger partial charge on any atom is 0.267 e. The number of hydrogen-bond donors (Lipinski definition) is 1. The van der Waals surface area contributed by atoms with E-state index in [-0.39, 0.29) is 40.1 Å². The molecule has 0 spiro atoms. The van der Waals surface area contributed by atoms with Crippen LogP contribution in [0.25, 0.3) is 0 Å². The Balaban J connectivity index is 1.04. The van der Waals surface area contributed by atoms with E-state index in [4.69, 9.17) is 0 Å². The highest BCUT2D eigenvalue weighted by Gasteiger charge is 2.42. The van der Waals surface area contributed by atoms with Crippen LogP contribution in [-0.4, -0.2) is 89.1 Å². The Morgan fingerprint density at radius 3 is 2.30 bits per heavy atom. The minimum Gasteiger partial charge on any atom is -0.342 e. The number of amides is 2. The molecule has 1 aromatic heterocycles. The molecule has 0 atom stereocenters. The van der Waals surface area contributed by atoms with Crippen molar-refractivity contribution < 1.29 is 22.4 Å². The lowest BCUT2D eigenvalue weighted by atomic mass is 9.90. The number of fused-ring (bicyclic) bond motifs is 1. The van der Waals surface area contributed by atoms with Gasteiger partial charge in [0.25, 0.3) is 11.5 Å². The Bertz CT molecular complexity index is 1560. The van der Waals surface area contributed by atoms with Crippen molar-refractivity contribution >= 4 is 21.8 Å². The second-order valence-corrected chi connectivity index (χ2v) is 14.8. The largest absolute Gasteiger partial charge is 0.342 e. The normalized spacial score (nSPS) is 20.3. The van der Waals surface area contributed by atoms with Crippen LogP contribution in [0.5, 0.6) is 0 Å². The highest BCUT2D eigenvalue weighted by Crippen LogP contribution is 2.33. The minimum atomic E-state index is -3.24. The van der Waals surface area contributed by atoms with Crippen LogP contribution in [0.2, 0.25) is 0 Å². The van der Waals surface area contributed by atoms with Gasteiger partial charge in [-0.25, -0.2) is 22.2 Å². The average Bonchev–Trinajstić information content (AvgIpc) is 3.89. The lowest BCUT2D eigenvalue weighted by Gasteiger charge is -2.39. The van der Waals surface area contributed by atoms with Crippen molar-refractivity contribution in [2.75, 3.05) is 33.2 Å². The van der Waals surface area contributed by atoms with Crippen molar-refractivity contribution in [3.8, 4) is 0 Å². The van der Waals surface area contributed by atoms with Crippen LogP contribution in [0.4, 0.5) is 4.39 Å². The summed E-state index contributed by atoms with van der Waals surface area (Å²) in [5, 5.41) is 6.63. The second-order valence-electron chi connectivity index (χ2n) is 12.5. The van der Waals surface area contributed by atoms with E-state index < -0.39 is 15.8 Å². The van der Waals surface area contributed by atoms with Gasteiger partial charge in [-0.1, -0.05) is 6.07 Å². The number of halogens is 1. The van der Waals surface area contributed by atoms with Gasteiger partial charge in [-0.2, -0.15) is 5.10 Å². The molecule has 2 saturated heterocycles. The predicted molar refractivity (Wildman–Crippen MR) is 159 cm³/mol. The third kappa shape index (κ3) is 6.13. The minimum absolute atomic E-state index is 0.00732. The van der Waals surface area contributed by atoms with Crippen LogP contribution in [-0.2, 0) is 34.1 Å².